The van der Waals surface area contributed by atoms with Gasteiger partial charge in [-0.2, -0.15) is 0 Å². The average molecular weight is 768 g/mol. The zero-order chi connectivity index (χ0) is 39.6. The number of nitrogens with zero attached hydrogens (tertiary/aromatic N) is 1. The number of hydrogen-bond donors (Lipinski definition) is 0. The van der Waals surface area contributed by atoms with Crippen molar-refractivity contribution in [2.24, 2.45) is 11.8 Å². The molecule has 2 saturated carbocycles. The molecule has 0 N–H and O–H groups in total. The second kappa shape index (κ2) is 14.1. The van der Waals surface area contributed by atoms with Gasteiger partial charge in [0.05, 0.1) is 5.69 Å². The number of anilines is 3. The molecule has 0 amide bonds. The first-order valence-corrected chi connectivity index (χ1v) is 21.7. The monoisotopic (exact) mass is 767 g/mol. The van der Waals surface area contributed by atoms with Gasteiger partial charge in [0.1, 0.15) is 0 Å². The third-order valence-electron chi connectivity index (χ3n) is 14.2. The molecule has 0 aromatic heterocycles. The summed E-state index contributed by atoms with van der Waals surface area (Å²) >= 11 is 0. The highest BCUT2D eigenvalue weighted by Gasteiger charge is 2.56. The van der Waals surface area contributed by atoms with Gasteiger partial charge in [0, 0.05) is 22.4 Å². The fraction of sp³-hybridized carbons (Fsp3) is 0.119. The molecule has 3 atom stereocenters. The van der Waals surface area contributed by atoms with Crippen molar-refractivity contribution in [3.63, 3.8) is 0 Å². The Labute approximate surface area is 353 Å². The molecule has 12 rings (SSSR count). The summed E-state index contributed by atoms with van der Waals surface area (Å²) in [4.78, 5) is 2.55. The van der Waals surface area contributed by atoms with Gasteiger partial charge in [-0.3, -0.25) is 0 Å². The van der Waals surface area contributed by atoms with Crippen LogP contribution in [0, 0.1) is 11.8 Å². The molecule has 0 aliphatic heterocycles. The maximum Gasteiger partial charge on any atom is 0.0540 e. The summed E-state index contributed by atoms with van der Waals surface area (Å²) in [6.07, 6.45) is 5.30. The Morgan fingerprint density at radius 2 is 0.967 bits per heavy atom. The molecule has 3 unspecified atom stereocenters. The largest absolute Gasteiger partial charge is 0.310 e. The van der Waals surface area contributed by atoms with Crippen molar-refractivity contribution < 1.29 is 0 Å². The minimum atomic E-state index is 0.0780. The highest BCUT2D eigenvalue weighted by molar-refractivity contribution is 6.00. The van der Waals surface area contributed by atoms with Crippen molar-refractivity contribution in [3.8, 4) is 55.6 Å². The number of rotatable bonds is 7. The third kappa shape index (κ3) is 5.46. The van der Waals surface area contributed by atoms with Crippen LogP contribution in [-0.4, -0.2) is 0 Å². The van der Waals surface area contributed by atoms with Crippen molar-refractivity contribution in [2.45, 2.75) is 31.1 Å². The van der Waals surface area contributed by atoms with Gasteiger partial charge in [0.25, 0.3) is 0 Å². The van der Waals surface area contributed by atoms with Crippen LogP contribution in [0.2, 0.25) is 0 Å². The summed E-state index contributed by atoms with van der Waals surface area (Å²) in [6, 6.07) is 79.1. The summed E-state index contributed by atoms with van der Waals surface area (Å²) in [6.45, 7) is 0. The molecule has 3 aliphatic rings. The van der Waals surface area contributed by atoms with Gasteiger partial charge in [-0.05, 0) is 133 Å². The van der Waals surface area contributed by atoms with Crippen LogP contribution >= 0.6 is 0 Å². The zero-order valence-electron chi connectivity index (χ0n) is 33.6. The lowest BCUT2D eigenvalue weighted by atomic mass is 9.67. The second-order valence-electron chi connectivity index (χ2n) is 17.2. The van der Waals surface area contributed by atoms with E-state index in [1.54, 1.807) is 5.56 Å². The summed E-state index contributed by atoms with van der Waals surface area (Å²) in [5.74, 6) is 1.49. The molecule has 9 aromatic rings. The number of benzene rings is 9. The number of hydrogen-bond acceptors (Lipinski definition) is 1. The normalized spacial score (nSPS) is 18.5. The van der Waals surface area contributed by atoms with Crippen molar-refractivity contribution in [2.75, 3.05) is 4.90 Å². The van der Waals surface area contributed by atoms with E-state index < -0.39 is 0 Å². The average Bonchev–Trinajstić information content (AvgIpc) is 4.02. The molecule has 60 heavy (non-hydrogen) atoms. The standard InChI is InChI=1S/C59H45N/c1-2-16-41(17-3-1)48-23-6-7-24-50(48)51-25-8-9-26-52(51)55-28-11-13-31-58(55)60(45-21-14-20-43(37-45)49-29-15-19-42-18-4-5-22-47(42)49)46-34-35-54-53-27-10-12-30-56(53)59(57(54)38-46)39-40-32-33-44(59)36-40/h1-31,34-35,37-38,40,44H,32-33,36,39H2. The van der Waals surface area contributed by atoms with E-state index in [-0.39, 0.29) is 5.41 Å². The lowest BCUT2D eigenvalue weighted by Gasteiger charge is -2.37. The molecular weight excluding hydrogens is 723 g/mol. The SMILES string of the molecule is c1ccc(-c2ccccc2-c2ccccc2-c2ccccc2N(c2cccc(-c3cccc4ccccc34)c2)c2ccc3c(c2)C2(CC4CCC2C4)c2ccccc2-3)cc1. The molecule has 1 nitrogen and oxygen atoms in total. The minimum Gasteiger partial charge on any atom is -0.310 e. The van der Waals surface area contributed by atoms with Crippen molar-refractivity contribution >= 4 is 27.8 Å². The summed E-state index contributed by atoms with van der Waals surface area (Å²) in [7, 11) is 0. The fourth-order valence-corrected chi connectivity index (χ4v) is 11.7. The molecule has 2 bridgehead atoms. The van der Waals surface area contributed by atoms with E-state index in [2.05, 4.69) is 217 Å². The van der Waals surface area contributed by atoms with E-state index in [0.717, 1.165) is 17.3 Å². The smallest absolute Gasteiger partial charge is 0.0540 e. The summed E-state index contributed by atoms with van der Waals surface area (Å²) in [5.41, 5.74) is 19.3. The Balaban J connectivity index is 1.08. The first-order valence-electron chi connectivity index (χ1n) is 21.7. The maximum atomic E-state index is 2.59. The van der Waals surface area contributed by atoms with E-state index in [9.17, 15) is 0 Å². The van der Waals surface area contributed by atoms with Crippen LogP contribution in [-0.2, 0) is 5.41 Å². The minimum absolute atomic E-state index is 0.0780. The number of fused-ring (bicyclic) bond motifs is 9. The van der Waals surface area contributed by atoms with Crippen LogP contribution in [0.5, 0.6) is 0 Å². The van der Waals surface area contributed by atoms with Crippen LogP contribution in [0.3, 0.4) is 0 Å². The van der Waals surface area contributed by atoms with Crippen LogP contribution < -0.4 is 4.90 Å². The first kappa shape index (κ1) is 35.0. The molecule has 2 fully saturated rings. The topological polar surface area (TPSA) is 3.24 Å². The van der Waals surface area contributed by atoms with Crippen LogP contribution in [0.25, 0.3) is 66.4 Å². The van der Waals surface area contributed by atoms with E-state index in [4.69, 9.17) is 0 Å². The van der Waals surface area contributed by atoms with E-state index in [0.29, 0.717) is 5.92 Å². The predicted octanol–water partition coefficient (Wildman–Crippen LogP) is 16.1. The lowest BCUT2D eigenvalue weighted by molar-refractivity contribution is 0.327. The van der Waals surface area contributed by atoms with Gasteiger partial charge in [0.15, 0.2) is 0 Å². The van der Waals surface area contributed by atoms with Gasteiger partial charge < -0.3 is 4.90 Å². The molecule has 3 aliphatic carbocycles. The molecule has 1 heteroatoms. The highest BCUT2D eigenvalue weighted by Crippen LogP contribution is 2.66. The molecule has 286 valence electrons. The van der Waals surface area contributed by atoms with E-state index in [1.165, 1.54) is 103 Å². The Kier molecular flexibility index (Phi) is 8.23. The predicted molar refractivity (Wildman–Crippen MR) is 252 cm³/mol. The third-order valence-corrected chi connectivity index (χ3v) is 14.2. The van der Waals surface area contributed by atoms with Crippen LogP contribution in [0.1, 0.15) is 36.8 Å². The first-order chi connectivity index (χ1) is 29.7. The Hall–Kier alpha value is -6.96. The van der Waals surface area contributed by atoms with E-state index >= 15 is 0 Å². The molecular formula is C59H45N. The quantitative estimate of drug-likeness (QED) is 0.156. The van der Waals surface area contributed by atoms with E-state index in [1.807, 2.05) is 0 Å². The van der Waals surface area contributed by atoms with Gasteiger partial charge >= 0.3 is 0 Å². The van der Waals surface area contributed by atoms with Gasteiger partial charge in [0.2, 0.25) is 0 Å². The molecule has 0 saturated heterocycles. The molecule has 0 radical (unpaired) electrons. The molecule has 0 heterocycles. The Morgan fingerprint density at radius 1 is 0.383 bits per heavy atom. The zero-order valence-corrected chi connectivity index (χ0v) is 33.6. The van der Waals surface area contributed by atoms with Gasteiger partial charge in [-0.25, -0.2) is 0 Å². The van der Waals surface area contributed by atoms with Crippen molar-refractivity contribution in [1.29, 1.82) is 0 Å². The van der Waals surface area contributed by atoms with Crippen molar-refractivity contribution in [3.05, 3.63) is 223 Å². The molecule has 9 aromatic carbocycles. The fourth-order valence-electron chi connectivity index (χ4n) is 11.7. The Bertz CT molecular complexity index is 3080. The lowest BCUT2D eigenvalue weighted by Crippen LogP contribution is -2.32. The molecule has 1 spiro atoms. The summed E-state index contributed by atoms with van der Waals surface area (Å²) < 4.78 is 0. The Morgan fingerprint density at radius 3 is 1.77 bits per heavy atom. The maximum absolute atomic E-state index is 2.59. The van der Waals surface area contributed by atoms with Gasteiger partial charge in [-0.15, -0.1) is 0 Å². The van der Waals surface area contributed by atoms with Gasteiger partial charge in [-0.1, -0.05) is 188 Å². The van der Waals surface area contributed by atoms with Crippen molar-refractivity contribution in [1.82, 2.24) is 0 Å². The number of para-hydroxylation sites is 1. The van der Waals surface area contributed by atoms with Crippen LogP contribution in [0.15, 0.2) is 212 Å². The highest BCUT2D eigenvalue weighted by atomic mass is 15.1. The second-order valence-corrected chi connectivity index (χ2v) is 17.2. The summed E-state index contributed by atoms with van der Waals surface area (Å²) in [5, 5.41) is 2.52. The van der Waals surface area contributed by atoms with Crippen LogP contribution in [0.4, 0.5) is 17.1 Å².